The molecule has 1 amide bonds. The molecule has 0 aliphatic carbocycles. The van der Waals surface area contributed by atoms with Crippen molar-refractivity contribution in [2.75, 3.05) is 58.5 Å². The fourth-order valence-corrected chi connectivity index (χ4v) is 5.18. The molecule has 3 N–H and O–H groups in total. The van der Waals surface area contributed by atoms with Gasteiger partial charge in [-0.1, -0.05) is 51.0 Å². The van der Waals surface area contributed by atoms with Crippen LogP contribution >= 0.6 is 0 Å². The van der Waals surface area contributed by atoms with Crippen LogP contribution < -0.4 is 16.0 Å². The highest BCUT2D eigenvalue weighted by Gasteiger charge is 2.20. The molecule has 1 aliphatic heterocycles. The van der Waals surface area contributed by atoms with Gasteiger partial charge in [0.05, 0.1) is 0 Å². The molecule has 0 fully saturated rings. The van der Waals surface area contributed by atoms with Gasteiger partial charge in [-0.15, -0.1) is 0 Å². The number of aryl methyl sites for hydroxylation is 2. The fourth-order valence-electron chi connectivity index (χ4n) is 5.18. The number of pyridine rings is 1. The molecule has 0 atom stereocenters. The highest BCUT2D eigenvalue weighted by Crippen LogP contribution is 2.33. The Kier molecular flexibility index (Phi) is 14.8. The van der Waals surface area contributed by atoms with Gasteiger partial charge in [-0.05, 0) is 69.0 Å². The number of amides is 1. The normalized spacial score (nSPS) is 14.1. The Balaban J connectivity index is 0.00000316. The number of carbonyl (C=O) groups is 1. The Hall–Kier alpha value is -3.84. The number of benzene rings is 1. The quantitative estimate of drug-likeness (QED) is 0.224. The van der Waals surface area contributed by atoms with Crippen molar-refractivity contribution in [2.45, 2.75) is 60.8 Å². The van der Waals surface area contributed by atoms with Gasteiger partial charge < -0.3 is 20.9 Å². The Bertz CT molecular complexity index is 1340. The number of carbonyl (C=O) groups excluding carboxylic acids is 1. The molecule has 0 saturated carbocycles. The van der Waals surface area contributed by atoms with Gasteiger partial charge >= 0.3 is 0 Å². The summed E-state index contributed by atoms with van der Waals surface area (Å²) in [6, 6.07) is 6.01. The number of unbranched alkanes of at least 4 members (excludes halogenated alkanes) is 1. The van der Waals surface area contributed by atoms with E-state index in [0.29, 0.717) is 5.56 Å². The van der Waals surface area contributed by atoms with Crippen LogP contribution in [0.2, 0.25) is 0 Å². The minimum atomic E-state index is 0.0203. The molecule has 0 spiro atoms. The summed E-state index contributed by atoms with van der Waals surface area (Å²) in [6.45, 7) is 15.3. The van der Waals surface area contributed by atoms with E-state index in [-0.39, 0.29) is 5.91 Å². The third-order valence-electron chi connectivity index (χ3n) is 7.37. The van der Waals surface area contributed by atoms with E-state index in [2.05, 4.69) is 77.8 Å². The highest BCUT2D eigenvalue weighted by molar-refractivity contribution is 5.96. The Labute approximate surface area is 260 Å². The fraction of sp³-hybridized carbons (Fsp3) is 0.444. The van der Waals surface area contributed by atoms with Crippen LogP contribution in [0.3, 0.4) is 0 Å². The van der Waals surface area contributed by atoms with Crippen LogP contribution in [0.5, 0.6) is 0 Å². The average molecular weight is 587 g/mol. The first-order valence-corrected chi connectivity index (χ1v) is 15.6. The van der Waals surface area contributed by atoms with Gasteiger partial charge in [0.1, 0.15) is 0 Å². The first kappa shape index (κ1) is 35.4. The van der Waals surface area contributed by atoms with Crippen LogP contribution in [0.4, 0.5) is 11.4 Å². The maximum absolute atomic E-state index is 12.6. The molecule has 7 heteroatoms. The summed E-state index contributed by atoms with van der Waals surface area (Å²) < 4.78 is 0. The molecule has 0 bridgehead atoms. The molecule has 1 aliphatic rings. The van der Waals surface area contributed by atoms with Gasteiger partial charge in [0.15, 0.2) is 0 Å². The second-order valence-corrected chi connectivity index (χ2v) is 10.9. The lowest BCUT2D eigenvalue weighted by Gasteiger charge is -2.28. The molecule has 43 heavy (non-hydrogen) atoms. The third-order valence-corrected chi connectivity index (χ3v) is 7.37. The van der Waals surface area contributed by atoms with E-state index in [0.717, 1.165) is 72.8 Å². The summed E-state index contributed by atoms with van der Waals surface area (Å²) in [7, 11) is 7.45. The molecule has 1 aromatic carbocycles. The number of hydrogen-bond donors (Lipinski definition) is 3. The highest BCUT2D eigenvalue weighted by atomic mass is 16.2. The van der Waals surface area contributed by atoms with Gasteiger partial charge in [0.2, 0.25) is 0 Å². The average Bonchev–Trinajstić information content (AvgIpc) is 3.01. The molecule has 0 radical (unpaired) electrons. The van der Waals surface area contributed by atoms with E-state index < -0.39 is 0 Å². The van der Waals surface area contributed by atoms with Gasteiger partial charge in [-0.3, -0.25) is 14.7 Å². The number of anilines is 2. The SMILES string of the molecule is CC.CCC/C=C(\C=C/Nc1ccnc(C)c1/C=C(\C)CN1CC=C(c2c(C)cc(C(=O)N(C)C)cc2NC)CC1)NC. The van der Waals surface area contributed by atoms with Gasteiger partial charge in [0.25, 0.3) is 5.91 Å². The summed E-state index contributed by atoms with van der Waals surface area (Å²) in [4.78, 5) is 21.2. The lowest BCUT2D eigenvalue weighted by atomic mass is 9.91. The van der Waals surface area contributed by atoms with Crippen molar-refractivity contribution in [3.8, 4) is 0 Å². The molecular weight excluding hydrogens is 532 g/mol. The standard InChI is InChI=1S/C34H48N6O.C2H6/c1-9-10-11-29(35-5)12-16-38-31-13-17-37-26(4)30(31)20-24(2)23-40-18-14-27(15-19-40)33-25(3)21-28(22-32(33)36-6)34(41)39(7)8;1-2/h11-14,16-17,20-22,35-36H,9-10,15,18-19,23H2,1-8H3,(H,37,38);1-2H3/b16-12-,24-20+,29-11+;. The number of nitrogens with zero attached hydrogens (tertiary/aromatic N) is 3. The van der Waals surface area contributed by atoms with E-state index >= 15 is 0 Å². The Morgan fingerprint density at radius 2 is 1.88 bits per heavy atom. The second kappa shape index (κ2) is 18.0. The smallest absolute Gasteiger partial charge is 0.253 e. The molecule has 234 valence electrons. The van der Waals surface area contributed by atoms with Crippen LogP contribution in [0.25, 0.3) is 11.6 Å². The Morgan fingerprint density at radius 3 is 2.49 bits per heavy atom. The number of likely N-dealkylation sites (N-methyl/N-ethyl adjacent to an activating group) is 1. The monoisotopic (exact) mass is 586 g/mol. The Morgan fingerprint density at radius 1 is 1.14 bits per heavy atom. The molecule has 1 aromatic heterocycles. The third kappa shape index (κ3) is 10.1. The zero-order valence-corrected chi connectivity index (χ0v) is 28.2. The minimum Gasteiger partial charge on any atom is -0.388 e. The molecule has 2 aromatic rings. The maximum Gasteiger partial charge on any atom is 0.253 e. The van der Waals surface area contributed by atoms with Crippen LogP contribution in [0.15, 0.2) is 60.1 Å². The maximum atomic E-state index is 12.6. The second-order valence-electron chi connectivity index (χ2n) is 10.9. The van der Waals surface area contributed by atoms with E-state index in [1.54, 1.807) is 19.0 Å². The molecule has 0 unspecified atom stereocenters. The number of rotatable bonds is 12. The summed E-state index contributed by atoms with van der Waals surface area (Å²) in [5.41, 5.74) is 11.0. The van der Waals surface area contributed by atoms with Gasteiger partial charge in [-0.2, -0.15) is 0 Å². The van der Waals surface area contributed by atoms with Gasteiger partial charge in [0, 0.05) is 99.7 Å². The topological polar surface area (TPSA) is 72.5 Å². The molecule has 2 heterocycles. The predicted molar refractivity (Wildman–Crippen MR) is 187 cm³/mol. The molecule has 3 rings (SSSR count). The number of nitrogens with one attached hydrogen (secondary N) is 3. The molecule has 0 saturated heterocycles. The summed E-state index contributed by atoms with van der Waals surface area (Å²) >= 11 is 0. The lowest BCUT2D eigenvalue weighted by molar-refractivity contribution is 0.0827. The van der Waals surface area contributed by atoms with Crippen molar-refractivity contribution in [3.63, 3.8) is 0 Å². The zero-order chi connectivity index (χ0) is 31.9. The van der Waals surface area contributed by atoms with Crippen molar-refractivity contribution in [1.29, 1.82) is 0 Å². The summed E-state index contributed by atoms with van der Waals surface area (Å²) in [6.07, 6.45) is 15.9. The van der Waals surface area contributed by atoms with Crippen LogP contribution in [-0.2, 0) is 0 Å². The number of hydrogen-bond acceptors (Lipinski definition) is 6. The predicted octanol–water partition coefficient (Wildman–Crippen LogP) is 7.49. The zero-order valence-electron chi connectivity index (χ0n) is 28.2. The van der Waals surface area contributed by atoms with Crippen molar-refractivity contribution in [2.24, 2.45) is 0 Å². The first-order chi connectivity index (χ1) is 20.7. The van der Waals surface area contributed by atoms with E-state index in [4.69, 9.17) is 0 Å². The van der Waals surface area contributed by atoms with Crippen LogP contribution in [-0.4, -0.2) is 68.5 Å². The molecular formula is C36H54N6O. The summed E-state index contributed by atoms with van der Waals surface area (Å²) in [5.74, 6) is 0.0203. The lowest BCUT2D eigenvalue weighted by Crippen LogP contribution is -2.30. The van der Waals surface area contributed by atoms with Crippen molar-refractivity contribution in [3.05, 3.63) is 88.0 Å². The van der Waals surface area contributed by atoms with E-state index in [1.807, 2.05) is 58.5 Å². The van der Waals surface area contributed by atoms with Crippen molar-refractivity contribution in [1.82, 2.24) is 20.1 Å². The number of aromatic nitrogens is 1. The van der Waals surface area contributed by atoms with Gasteiger partial charge in [-0.25, -0.2) is 0 Å². The van der Waals surface area contributed by atoms with Crippen LogP contribution in [0.1, 0.15) is 79.7 Å². The van der Waals surface area contributed by atoms with Crippen LogP contribution in [0, 0.1) is 13.8 Å². The van der Waals surface area contributed by atoms with E-state index in [9.17, 15) is 4.79 Å². The molecule has 7 nitrogen and oxygen atoms in total. The summed E-state index contributed by atoms with van der Waals surface area (Å²) in [5, 5.41) is 10.0. The van der Waals surface area contributed by atoms with Crippen molar-refractivity contribution < 1.29 is 4.79 Å². The number of allylic oxidation sites excluding steroid dienone is 2. The largest absolute Gasteiger partial charge is 0.388 e. The minimum absolute atomic E-state index is 0.0203. The van der Waals surface area contributed by atoms with Crippen molar-refractivity contribution >= 4 is 28.9 Å². The first-order valence-electron chi connectivity index (χ1n) is 15.6. The van der Waals surface area contributed by atoms with E-state index in [1.165, 1.54) is 16.7 Å².